The molecule has 0 bridgehead atoms. The fraction of sp³-hybridized carbons (Fsp3) is 0.471. The van der Waals surface area contributed by atoms with Crippen molar-refractivity contribution in [2.45, 2.75) is 19.1 Å². The second-order valence-corrected chi connectivity index (χ2v) is 7.12. The Labute approximate surface area is 141 Å². The predicted octanol–water partition coefficient (Wildman–Crippen LogP) is 2.34. The number of nitrogens with zero attached hydrogens (tertiary/aromatic N) is 1. The number of furan rings is 1. The van der Waals surface area contributed by atoms with Gasteiger partial charge >= 0.3 is 0 Å². The van der Waals surface area contributed by atoms with E-state index in [4.69, 9.17) is 4.42 Å². The Morgan fingerprint density at radius 2 is 2.09 bits per heavy atom. The van der Waals surface area contributed by atoms with Crippen molar-refractivity contribution in [3.05, 3.63) is 35.6 Å². The van der Waals surface area contributed by atoms with Crippen LogP contribution >= 0.6 is 11.8 Å². The molecule has 1 heterocycles. The van der Waals surface area contributed by atoms with Crippen molar-refractivity contribution < 1.29 is 14.3 Å². The van der Waals surface area contributed by atoms with Crippen LogP contribution < -0.4 is 5.32 Å². The SMILES string of the molecule is CSC[C@@](C)(O)CNC(=O)c1oc2ccccc2c1CN(C)C. The smallest absolute Gasteiger partial charge is 0.287 e. The third kappa shape index (κ3) is 4.50. The summed E-state index contributed by atoms with van der Waals surface area (Å²) in [4.78, 5) is 14.5. The van der Waals surface area contributed by atoms with Gasteiger partial charge in [-0.2, -0.15) is 11.8 Å². The van der Waals surface area contributed by atoms with Gasteiger partial charge in [0.1, 0.15) is 5.58 Å². The molecule has 0 unspecified atom stereocenters. The Kier molecular flexibility index (Phi) is 5.73. The molecule has 2 N–H and O–H groups in total. The van der Waals surface area contributed by atoms with Crippen LogP contribution in [0.4, 0.5) is 0 Å². The normalized spacial score (nSPS) is 14.2. The van der Waals surface area contributed by atoms with Gasteiger partial charge in [-0.25, -0.2) is 0 Å². The van der Waals surface area contributed by atoms with E-state index in [2.05, 4.69) is 5.32 Å². The lowest BCUT2D eigenvalue weighted by molar-refractivity contribution is 0.0710. The Hall–Kier alpha value is -1.50. The van der Waals surface area contributed by atoms with Gasteiger partial charge in [0.15, 0.2) is 5.76 Å². The summed E-state index contributed by atoms with van der Waals surface area (Å²) in [6.07, 6.45) is 1.92. The maximum atomic E-state index is 12.5. The Morgan fingerprint density at radius 1 is 1.39 bits per heavy atom. The second-order valence-electron chi connectivity index (χ2n) is 6.26. The highest BCUT2D eigenvalue weighted by molar-refractivity contribution is 7.98. The molecule has 23 heavy (non-hydrogen) atoms. The van der Waals surface area contributed by atoms with Gasteiger partial charge in [0, 0.05) is 29.8 Å². The summed E-state index contributed by atoms with van der Waals surface area (Å²) in [5, 5.41) is 13.9. The van der Waals surface area contributed by atoms with Crippen molar-refractivity contribution in [2.24, 2.45) is 0 Å². The maximum absolute atomic E-state index is 12.5. The van der Waals surface area contributed by atoms with Gasteiger partial charge in [-0.05, 0) is 33.3 Å². The van der Waals surface area contributed by atoms with Crippen LogP contribution in [-0.2, 0) is 6.54 Å². The summed E-state index contributed by atoms with van der Waals surface area (Å²) in [7, 11) is 3.90. The van der Waals surface area contributed by atoms with Crippen LogP contribution in [0.5, 0.6) is 0 Å². The number of hydrogen-bond acceptors (Lipinski definition) is 5. The zero-order valence-corrected chi connectivity index (χ0v) is 14.9. The molecule has 2 aromatic rings. The molecule has 0 saturated heterocycles. The fourth-order valence-electron chi connectivity index (χ4n) is 2.47. The number of carbonyl (C=O) groups is 1. The van der Waals surface area contributed by atoms with E-state index in [-0.39, 0.29) is 12.5 Å². The Bertz CT molecular complexity index is 680. The van der Waals surface area contributed by atoms with Crippen molar-refractivity contribution in [1.29, 1.82) is 0 Å². The first-order valence-corrected chi connectivity index (χ1v) is 8.88. The number of rotatable bonds is 7. The molecule has 0 aliphatic rings. The van der Waals surface area contributed by atoms with Gasteiger partial charge in [0.25, 0.3) is 5.91 Å². The average Bonchev–Trinajstić information content (AvgIpc) is 2.83. The highest BCUT2D eigenvalue weighted by Gasteiger charge is 2.24. The van der Waals surface area contributed by atoms with Gasteiger partial charge in [0.2, 0.25) is 0 Å². The van der Waals surface area contributed by atoms with E-state index in [1.807, 2.05) is 49.5 Å². The van der Waals surface area contributed by atoms with Crippen LogP contribution in [0.3, 0.4) is 0 Å². The molecular formula is C17H24N2O3S. The van der Waals surface area contributed by atoms with Crippen LogP contribution in [0, 0.1) is 0 Å². The maximum Gasteiger partial charge on any atom is 0.287 e. The van der Waals surface area contributed by atoms with Crippen molar-refractivity contribution in [1.82, 2.24) is 10.2 Å². The van der Waals surface area contributed by atoms with Crippen molar-refractivity contribution >= 4 is 28.6 Å². The molecule has 0 radical (unpaired) electrons. The Balaban J connectivity index is 2.25. The van der Waals surface area contributed by atoms with E-state index in [1.165, 1.54) is 0 Å². The summed E-state index contributed by atoms with van der Waals surface area (Å²) in [5.41, 5.74) is 0.626. The number of hydrogen-bond donors (Lipinski definition) is 2. The van der Waals surface area contributed by atoms with Crippen molar-refractivity contribution in [3.63, 3.8) is 0 Å². The minimum absolute atomic E-state index is 0.186. The summed E-state index contributed by atoms with van der Waals surface area (Å²) < 4.78 is 5.76. The average molecular weight is 336 g/mol. The Morgan fingerprint density at radius 3 is 2.74 bits per heavy atom. The highest BCUT2D eigenvalue weighted by atomic mass is 32.2. The topological polar surface area (TPSA) is 65.7 Å². The van der Waals surface area contributed by atoms with Gasteiger partial charge < -0.3 is 19.7 Å². The molecule has 5 nitrogen and oxygen atoms in total. The molecule has 1 aromatic heterocycles. The number of benzene rings is 1. The van der Waals surface area contributed by atoms with Crippen LogP contribution in [-0.4, -0.2) is 54.2 Å². The highest BCUT2D eigenvalue weighted by Crippen LogP contribution is 2.26. The zero-order chi connectivity index (χ0) is 17.0. The predicted molar refractivity (Wildman–Crippen MR) is 94.9 cm³/mol. The summed E-state index contributed by atoms with van der Waals surface area (Å²) >= 11 is 1.54. The van der Waals surface area contributed by atoms with Crippen LogP contribution in [0.15, 0.2) is 28.7 Å². The molecule has 0 spiro atoms. The lowest BCUT2D eigenvalue weighted by Crippen LogP contribution is -2.42. The van der Waals surface area contributed by atoms with E-state index in [1.54, 1.807) is 18.7 Å². The molecule has 6 heteroatoms. The number of nitrogens with one attached hydrogen (secondary N) is 1. The minimum Gasteiger partial charge on any atom is -0.451 e. The lowest BCUT2D eigenvalue weighted by atomic mass is 10.1. The fourth-order valence-corrected chi connectivity index (χ4v) is 3.19. The number of aliphatic hydroxyl groups is 1. The quantitative estimate of drug-likeness (QED) is 0.812. The largest absolute Gasteiger partial charge is 0.451 e. The summed E-state index contributed by atoms with van der Waals surface area (Å²) in [6, 6.07) is 7.63. The molecule has 126 valence electrons. The van der Waals surface area contributed by atoms with Crippen molar-refractivity contribution in [3.8, 4) is 0 Å². The monoisotopic (exact) mass is 336 g/mol. The van der Waals surface area contributed by atoms with E-state index in [0.717, 1.165) is 10.9 Å². The van der Waals surface area contributed by atoms with E-state index in [0.29, 0.717) is 23.6 Å². The first-order valence-electron chi connectivity index (χ1n) is 7.49. The first-order chi connectivity index (χ1) is 10.8. The molecule has 0 aliphatic carbocycles. The molecule has 1 aromatic carbocycles. The van der Waals surface area contributed by atoms with Gasteiger partial charge in [-0.1, -0.05) is 18.2 Å². The van der Waals surface area contributed by atoms with E-state index >= 15 is 0 Å². The molecule has 0 fully saturated rings. The van der Waals surface area contributed by atoms with Gasteiger partial charge in [-0.3, -0.25) is 4.79 Å². The third-order valence-electron chi connectivity index (χ3n) is 3.46. The summed E-state index contributed by atoms with van der Waals surface area (Å²) in [6.45, 7) is 2.51. The van der Waals surface area contributed by atoms with Gasteiger partial charge in [-0.15, -0.1) is 0 Å². The zero-order valence-electron chi connectivity index (χ0n) is 14.0. The second kappa shape index (κ2) is 7.38. The standard InChI is InChI=1S/C17H24N2O3S/c1-17(21,11-23-4)10-18-16(20)15-13(9-19(2)3)12-7-5-6-8-14(12)22-15/h5-8,21H,9-11H2,1-4H3,(H,18,20)/t17-/m0/s1. The van der Waals surface area contributed by atoms with Crippen LogP contribution in [0.2, 0.25) is 0 Å². The molecule has 2 rings (SSSR count). The minimum atomic E-state index is -0.942. The van der Waals surface area contributed by atoms with Crippen molar-refractivity contribution in [2.75, 3.05) is 32.6 Å². The summed E-state index contributed by atoms with van der Waals surface area (Å²) in [5.74, 6) is 0.581. The molecular weight excluding hydrogens is 312 g/mol. The van der Waals surface area contributed by atoms with Crippen LogP contribution in [0.25, 0.3) is 11.0 Å². The third-order valence-corrected chi connectivity index (χ3v) is 4.37. The number of carbonyl (C=O) groups excluding carboxylic acids is 1. The lowest BCUT2D eigenvalue weighted by Gasteiger charge is -2.22. The van der Waals surface area contributed by atoms with E-state index < -0.39 is 5.60 Å². The number of thioether (sulfide) groups is 1. The number of fused-ring (bicyclic) bond motifs is 1. The number of para-hydroxylation sites is 1. The number of amides is 1. The molecule has 0 aliphatic heterocycles. The molecule has 1 atom stereocenters. The van der Waals surface area contributed by atoms with E-state index in [9.17, 15) is 9.90 Å². The molecule has 0 saturated carbocycles. The first kappa shape index (κ1) is 17.8. The molecule has 1 amide bonds. The van der Waals surface area contributed by atoms with Gasteiger partial charge in [0.05, 0.1) is 5.60 Å². The van der Waals surface area contributed by atoms with Crippen LogP contribution in [0.1, 0.15) is 23.0 Å².